The number of amidine groups is 1. The summed E-state index contributed by atoms with van der Waals surface area (Å²) in [4.78, 5) is 4.39. The number of aliphatic hydroxyl groups excluding tert-OH is 1. The Morgan fingerprint density at radius 1 is 1.45 bits per heavy atom. The number of nitrogens with one attached hydrogen (secondary N) is 1. The van der Waals surface area contributed by atoms with Crippen molar-refractivity contribution in [2.24, 2.45) is 10.7 Å². The largest absolute Gasteiger partial charge is 0.391 e. The maximum Gasteiger partial charge on any atom is 0.129 e. The molecule has 22 heavy (non-hydrogen) atoms. The van der Waals surface area contributed by atoms with Crippen molar-refractivity contribution in [2.75, 3.05) is 18.5 Å². The predicted octanol–water partition coefficient (Wildman–Crippen LogP) is 1.75. The van der Waals surface area contributed by atoms with E-state index in [1.165, 1.54) is 6.07 Å². The molecule has 1 aliphatic carbocycles. The number of ether oxygens (including phenoxy) is 1. The predicted molar refractivity (Wildman–Crippen MR) is 83.5 cm³/mol. The first-order valence-electron chi connectivity index (χ1n) is 7.64. The molecular weight excluding hydrogens is 285 g/mol. The van der Waals surface area contributed by atoms with Crippen LogP contribution < -0.4 is 11.1 Å². The monoisotopic (exact) mass is 307 g/mol. The Balaban J connectivity index is 1.88. The van der Waals surface area contributed by atoms with Gasteiger partial charge in [-0.05, 0) is 44.4 Å². The maximum atomic E-state index is 14.3. The molecule has 1 unspecified atom stereocenters. The molecule has 1 saturated carbocycles. The zero-order valence-electron chi connectivity index (χ0n) is 12.7. The van der Waals surface area contributed by atoms with Crippen molar-refractivity contribution in [1.82, 2.24) is 0 Å². The van der Waals surface area contributed by atoms with Gasteiger partial charge >= 0.3 is 0 Å². The van der Waals surface area contributed by atoms with Crippen molar-refractivity contribution >= 4 is 11.5 Å². The summed E-state index contributed by atoms with van der Waals surface area (Å²) in [7, 11) is 0. The van der Waals surface area contributed by atoms with Crippen LogP contribution in [0.2, 0.25) is 0 Å². The molecule has 4 N–H and O–H groups in total. The fraction of sp³-hybridized carbons (Fsp3) is 0.562. The summed E-state index contributed by atoms with van der Waals surface area (Å²) in [5.74, 6) is 0.0415. The lowest BCUT2D eigenvalue weighted by atomic mass is 9.91. The molecule has 3 atom stereocenters. The van der Waals surface area contributed by atoms with Crippen LogP contribution in [0.3, 0.4) is 0 Å². The van der Waals surface area contributed by atoms with E-state index in [1.54, 1.807) is 12.1 Å². The minimum atomic E-state index is -0.821. The van der Waals surface area contributed by atoms with Crippen LogP contribution >= 0.6 is 0 Å². The van der Waals surface area contributed by atoms with Gasteiger partial charge in [0.1, 0.15) is 23.8 Å². The molecule has 3 rings (SSSR count). The van der Waals surface area contributed by atoms with Gasteiger partial charge in [-0.15, -0.1) is 0 Å². The summed E-state index contributed by atoms with van der Waals surface area (Å²) >= 11 is 0. The molecule has 120 valence electrons. The van der Waals surface area contributed by atoms with Crippen molar-refractivity contribution < 1.29 is 14.2 Å². The lowest BCUT2D eigenvalue weighted by molar-refractivity contribution is 0.104. The molecule has 0 saturated heterocycles. The Morgan fingerprint density at radius 3 is 2.95 bits per heavy atom. The fourth-order valence-electron chi connectivity index (χ4n) is 3.22. The first-order chi connectivity index (χ1) is 10.5. The van der Waals surface area contributed by atoms with Crippen molar-refractivity contribution in [3.05, 3.63) is 29.6 Å². The molecule has 1 aromatic rings. The number of hydrogen-bond donors (Lipinski definition) is 3. The molecule has 0 spiro atoms. The van der Waals surface area contributed by atoms with Crippen LogP contribution in [-0.2, 0) is 10.3 Å². The second-order valence-corrected chi connectivity index (χ2v) is 6.31. The summed E-state index contributed by atoms with van der Waals surface area (Å²) in [6, 6.07) is 4.86. The van der Waals surface area contributed by atoms with Gasteiger partial charge in [-0.2, -0.15) is 0 Å². The van der Waals surface area contributed by atoms with E-state index in [-0.39, 0.29) is 24.6 Å². The zero-order chi connectivity index (χ0) is 15.7. The number of aliphatic imine (C=N–C) groups is 1. The molecule has 0 bridgehead atoms. The average Bonchev–Trinajstić information content (AvgIpc) is 2.86. The normalized spacial score (nSPS) is 31.9. The highest BCUT2D eigenvalue weighted by molar-refractivity contribution is 5.82. The Labute approximate surface area is 129 Å². The SMILES string of the molecule is CC1(c2cc(N[C@H]3CCC[C@H]3O)ccc2F)COCC(N)=N1. The first kappa shape index (κ1) is 15.2. The second-order valence-electron chi connectivity index (χ2n) is 6.31. The van der Waals surface area contributed by atoms with E-state index in [0.29, 0.717) is 18.0 Å². The highest BCUT2D eigenvalue weighted by Gasteiger charge is 2.33. The number of anilines is 1. The van der Waals surface area contributed by atoms with E-state index in [2.05, 4.69) is 10.3 Å². The molecule has 6 heteroatoms. The number of nitrogens with zero attached hydrogens (tertiary/aromatic N) is 1. The highest BCUT2D eigenvalue weighted by atomic mass is 19.1. The zero-order valence-corrected chi connectivity index (χ0v) is 12.7. The lowest BCUT2D eigenvalue weighted by Crippen LogP contribution is -2.38. The van der Waals surface area contributed by atoms with Gasteiger partial charge in [-0.3, -0.25) is 4.99 Å². The van der Waals surface area contributed by atoms with Crippen LogP contribution in [0.1, 0.15) is 31.7 Å². The van der Waals surface area contributed by atoms with Gasteiger partial charge in [-0.1, -0.05) is 0 Å². The van der Waals surface area contributed by atoms with Gasteiger partial charge in [0.2, 0.25) is 0 Å². The highest BCUT2D eigenvalue weighted by Crippen LogP contribution is 2.33. The molecule has 0 aromatic heterocycles. The van der Waals surface area contributed by atoms with Crippen LogP contribution in [-0.4, -0.2) is 36.3 Å². The molecule has 1 aliphatic heterocycles. The molecule has 1 heterocycles. The summed E-state index contributed by atoms with van der Waals surface area (Å²) in [5, 5.41) is 13.2. The van der Waals surface area contributed by atoms with Crippen LogP contribution in [0.4, 0.5) is 10.1 Å². The van der Waals surface area contributed by atoms with E-state index < -0.39 is 5.54 Å². The van der Waals surface area contributed by atoms with Gasteiger partial charge < -0.3 is 20.9 Å². The summed E-state index contributed by atoms with van der Waals surface area (Å²) in [5.41, 5.74) is 6.15. The Hall–Kier alpha value is -1.66. The quantitative estimate of drug-likeness (QED) is 0.795. The third-order valence-corrected chi connectivity index (χ3v) is 4.40. The maximum absolute atomic E-state index is 14.3. The van der Waals surface area contributed by atoms with Gasteiger partial charge in [-0.25, -0.2) is 4.39 Å². The third kappa shape index (κ3) is 2.94. The van der Waals surface area contributed by atoms with Gasteiger partial charge in [0.05, 0.1) is 18.8 Å². The van der Waals surface area contributed by atoms with E-state index in [0.717, 1.165) is 24.9 Å². The van der Waals surface area contributed by atoms with Crippen LogP contribution in [0.5, 0.6) is 0 Å². The minimum absolute atomic E-state index is 0.0160. The van der Waals surface area contributed by atoms with Crippen LogP contribution in [0.25, 0.3) is 0 Å². The summed E-state index contributed by atoms with van der Waals surface area (Å²) in [6.45, 7) is 2.38. The Bertz CT molecular complexity index is 593. The third-order valence-electron chi connectivity index (χ3n) is 4.40. The van der Waals surface area contributed by atoms with Crippen molar-refractivity contribution in [1.29, 1.82) is 0 Å². The smallest absolute Gasteiger partial charge is 0.129 e. The van der Waals surface area contributed by atoms with Crippen molar-refractivity contribution in [3.63, 3.8) is 0 Å². The van der Waals surface area contributed by atoms with Crippen molar-refractivity contribution in [2.45, 2.75) is 43.9 Å². The lowest BCUT2D eigenvalue weighted by Gasteiger charge is -2.31. The van der Waals surface area contributed by atoms with Gasteiger partial charge in [0, 0.05) is 11.3 Å². The van der Waals surface area contributed by atoms with Gasteiger partial charge in [0.15, 0.2) is 0 Å². The molecule has 2 aliphatic rings. The average molecular weight is 307 g/mol. The number of rotatable bonds is 3. The minimum Gasteiger partial charge on any atom is -0.391 e. The summed E-state index contributed by atoms with van der Waals surface area (Å²) < 4.78 is 19.7. The van der Waals surface area contributed by atoms with E-state index in [4.69, 9.17) is 10.5 Å². The Morgan fingerprint density at radius 2 is 2.27 bits per heavy atom. The molecular formula is C16H22FN3O2. The number of hydrogen-bond acceptors (Lipinski definition) is 5. The topological polar surface area (TPSA) is 79.9 Å². The molecule has 1 fully saturated rings. The first-order valence-corrected chi connectivity index (χ1v) is 7.64. The summed E-state index contributed by atoms with van der Waals surface area (Å²) in [6.07, 6.45) is 2.37. The van der Waals surface area contributed by atoms with Crippen LogP contribution in [0, 0.1) is 5.82 Å². The fourth-order valence-corrected chi connectivity index (χ4v) is 3.22. The van der Waals surface area contributed by atoms with Crippen molar-refractivity contribution in [3.8, 4) is 0 Å². The molecule has 0 radical (unpaired) electrons. The molecule has 5 nitrogen and oxygen atoms in total. The standard InChI is InChI=1S/C16H22FN3O2/c1-16(9-22-8-15(18)20-16)11-7-10(5-6-12(11)17)19-13-3-2-4-14(13)21/h5-7,13-14,19,21H,2-4,8-9H2,1H3,(H2,18,20)/t13-,14+,16?/m0/s1. The molecule has 0 amide bonds. The Kier molecular flexibility index (Phi) is 4.06. The van der Waals surface area contributed by atoms with E-state index in [9.17, 15) is 9.50 Å². The van der Waals surface area contributed by atoms with Crippen LogP contribution in [0.15, 0.2) is 23.2 Å². The molecule has 1 aromatic carbocycles. The number of halogens is 1. The number of benzene rings is 1. The second kappa shape index (κ2) is 5.85. The van der Waals surface area contributed by atoms with Gasteiger partial charge in [0.25, 0.3) is 0 Å². The van der Waals surface area contributed by atoms with E-state index >= 15 is 0 Å². The van der Waals surface area contributed by atoms with E-state index in [1.807, 2.05) is 6.92 Å². The number of aliphatic hydroxyl groups is 1. The number of nitrogens with two attached hydrogens (primary N) is 1.